The van der Waals surface area contributed by atoms with Crippen LogP contribution in [0.5, 0.6) is 0 Å². The zero-order valence-electron chi connectivity index (χ0n) is 25.2. The van der Waals surface area contributed by atoms with Crippen LogP contribution in [-0.2, 0) is 15.7 Å². The van der Waals surface area contributed by atoms with Gasteiger partial charge in [-0.15, -0.1) is 0 Å². The molecule has 3 aliphatic heterocycles. The van der Waals surface area contributed by atoms with Gasteiger partial charge < -0.3 is 15.0 Å². The molecule has 7 rings (SSSR count). The number of carbonyl (C=O) groups is 3. The van der Waals surface area contributed by atoms with Crippen molar-refractivity contribution < 1.29 is 36.7 Å². The molecule has 0 unspecified atom stereocenters. The second kappa shape index (κ2) is 11.5. The summed E-state index contributed by atoms with van der Waals surface area (Å²) in [5, 5.41) is 17.3. The molecule has 2 aromatic carbocycles. The number of hydrogen-bond donors (Lipinski definition) is 1. The third kappa shape index (κ3) is 5.22. The Morgan fingerprint density at radius 3 is 2.57 bits per heavy atom. The van der Waals surface area contributed by atoms with Gasteiger partial charge in [-0.1, -0.05) is 18.2 Å². The van der Waals surface area contributed by atoms with E-state index >= 15 is 0 Å². The number of carbonyl (C=O) groups excluding carboxylic acids is 3. The third-order valence-corrected chi connectivity index (χ3v) is 9.58. The zero-order valence-corrected chi connectivity index (χ0v) is 25.2. The topological polar surface area (TPSA) is 121 Å². The maximum Gasteiger partial charge on any atom is 0.416 e. The lowest BCUT2D eigenvalue weighted by Crippen LogP contribution is -2.56. The number of benzene rings is 2. The van der Waals surface area contributed by atoms with Crippen molar-refractivity contribution in [2.45, 2.75) is 62.4 Å². The fourth-order valence-electron chi connectivity index (χ4n) is 7.23. The molecule has 0 radical (unpaired) electrons. The Labute approximate surface area is 266 Å². The highest BCUT2D eigenvalue weighted by Crippen LogP contribution is 2.50. The standard InChI is InChI=1S/C33H30F4N6O4/c1-2-41-30-26(28(40-43(30)22-10-11-47-16-22)32(46)42-23(15-38)13-19-14-24(19)42)25(17-6-8-21(34)9-7-17)27(31(41)45)39-29(44)18-4-3-5-20(12-18)33(35,36)37/h3-9,12,19,22-25,27H,2,10-11,13-14,16H2,1H3,(H,39,44)/t19-,22-,23-,24+,25+,27+/m0/s1. The largest absolute Gasteiger partial charge is 0.416 e. The molecule has 2 saturated heterocycles. The molecular weight excluding hydrogens is 620 g/mol. The highest BCUT2D eigenvalue weighted by molar-refractivity contribution is 6.07. The number of amides is 3. The molecule has 10 nitrogen and oxygen atoms in total. The predicted octanol–water partition coefficient (Wildman–Crippen LogP) is 4.43. The van der Waals surface area contributed by atoms with Crippen LogP contribution < -0.4 is 10.2 Å². The van der Waals surface area contributed by atoms with Gasteiger partial charge in [-0.3, -0.25) is 19.3 Å². The van der Waals surface area contributed by atoms with Gasteiger partial charge in [-0.05, 0) is 68.0 Å². The van der Waals surface area contributed by atoms with Crippen molar-refractivity contribution in [2.24, 2.45) is 5.92 Å². The second-order valence-corrected chi connectivity index (χ2v) is 12.3. The fraction of sp³-hybridized carbons (Fsp3) is 0.424. The highest BCUT2D eigenvalue weighted by Gasteiger charge is 2.56. The number of piperidine rings is 1. The monoisotopic (exact) mass is 650 g/mol. The van der Waals surface area contributed by atoms with E-state index in [4.69, 9.17) is 9.84 Å². The van der Waals surface area contributed by atoms with E-state index < -0.39 is 53.3 Å². The predicted molar refractivity (Wildman–Crippen MR) is 158 cm³/mol. The molecule has 1 saturated carbocycles. The first-order valence-corrected chi connectivity index (χ1v) is 15.5. The lowest BCUT2D eigenvalue weighted by Gasteiger charge is -2.39. The van der Waals surface area contributed by atoms with E-state index in [9.17, 15) is 37.2 Å². The van der Waals surface area contributed by atoms with Crippen LogP contribution in [0, 0.1) is 23.1 Å². The number of alkyl halides is 3. The summed E-state index contributed by atoms with van der Waals surface area (Å²) in [6, 6.07) is 8.84. The summed E-state index contributed by atoms with van der Waals surface area (Å²) in [5.41, 5.74) is -0.659. The second-order valence-electron chi connectivity index (χ2n) is 12.3. The van der Waals surface area contributed by atoms with Gasteiger partial charge in [0.05, 0.1) is 24.3 Å². The number of ether oxygens (including phenoxy) is 1. The van der Waals surface area contributed by atoms with Gasteiger partial charge in [0.2, 0.25) is 0 Å². The fourth-order valence-corrected chi connectivity index (χ4v) is 7.23. The molecule has 6 atom stereocenters. The molecule has 4 heterocycles. The summed E-state index contributed by atoms with van der Waals surface area (Å²) in [4.78, 5) is 45.4. The third-order valence-electron chi connectivity index (χ3n) is 9.58. The number of nitrogens with one attached hydrogen (secondary N) is 1. The molecule has 47 heavy (non-hydrogen) atoms. The molecule has 3 amide bonds. The minimum atomic E-state index is -4.70. The van der Waals surface area contributed by atoms with Gasteiger partial charge >= 0.3 is 6.18 Å². The van der Waals surface area contributed by atoms with Gasteiger partial charge in [-0.2, -0.15) is 23.5 Å². The van der Waals surface area contributed by atoms with E-state index in [0.29, 0.717) is 42.5 Å². The minimum Gasteiger partial charge on any atom is -0.379 e. The van der Waals surface area contributed by atoms with Crippen LogP contribution in [0.2, 0.25) is 0 Å². The van der Waals surface area contributed by atoms with Crippen molar-refractivity contribution in [3.05, 3.63) is 82.3 Å². The maximum absolute atomic E-state index is 14.5. The molecule has 14 heteroatoms. The van der Waals surface area contributed by atoms with Crippen molar-refractivity contribution >= 4 is 23.5 Å². The highest BCUT2D eigenvalue weighted by atomic mass is 19.4. The average Bonchev–Trinajstić information content (AvgIpc) is 3.39. The maximum atomic E-state index is 14.5. The van der Waals surface area contributed by atoms with Crippen LogP contribution in [0.15, 0.2) is 48.5 Å². The molecule has 244 valence electrons. The SMILES string of the molecule is CCN1C(=O)[C@H](NC(=O)c2cccc(C(F)(F)F)c2)[C@H](c2ccc(F)cc2)c2c(C(=O)N3[C@H](C#N)C[C@H]4C[C@H]43)nn([C@H]3CCOC3)c21. The molecule has 1 aliphatic carbocycles. The van der Waals surface area contributed by atoms with Gasteiger partial charge in [-0.25, -0.2) is 9.07 Å². The Bertz CT molecular complexity index is 1800. The number of rotatable bonds is 6. The molecule has 4 aliphatic rings. The number of halogens is 4. The summed E-state index contributed by atoms with van der Waals surface area (Å²) in [6.45, 7) is 2.54. The van der Waals surface area contributed by atoms with Gasteiger partial charge in [0.25, 0.3) is 17.7 Å². The van der Waals surface area contributed by atoms with Gasteiger partial charge in [0.15, 0.2) is 5.69 Å². The van der Waals surface area contributed by atoms with E-state index in [1.165, 1.54) is 35.2 Å². The average molecular weight is 651 g/mol. The number of likely N-dealkylation sites (tertiary alicyclic amines) is 1. The van der Waals surface area contributed by atoms with Crippen LogP contribution in [0.3, 0.4) is 0 Å². The van der Waals surface area contributed by atoms with Crippen LogP contribution in [-0.4, -0.2) is 70.3 Å². The van der Waals surface area contributed by atoms with E-state index in [2.05, 4.69) is 11.4 Å². The number of hydrogen-bond acceptors (Lipinski definition) is 6. The molecule has 3 fully saturated rings. The normalized spacial score (nSPS) is 26.5. The smallest absolute Gasteiger partial charge is 0.379 e. The number of nitrogens with zero attached hydrogens (tertiary/aromatic N) is 5. The number of likely N-dealkylation sites (N-methyl/N-ethyl adjacent to an activating group) is 1. The van der Waals surface area contributed by atoms with Gasteiger partial charge in [0, 0.05) is 36.2 Å². The van der Waals surface area contributed by atoms with E-state index in [1.807, 2.05) is 0 Å². The Kier molecular flexibility index (Phi) is 7.54. The van der Waals surface area contributed by atoms with Crippen LogP contribution in [0.4, 0.5) is 23.4 Å². The Hall–Kier alpha value is -4.77. The van der Waals surface area contributed by atoms with Crippen molar-refractivity contribution in [2.75, 3.05) is 24.7 Å². The summed E-state index contributed by atoms with van der Waals surface area (Å²) in [5.74, 6) is -3.09. The van der Waals surface area contributed by atoms with Crippen LogP contribution >= 0.6 is 0 Å². The quantitative estimate of drug-likeness (QED) is 0.395. The number of aromatic nitrogens is 2. The summed E-state index contributed by atoms with van der Waals surface area (Å²) in [6.07, 6.45) is -2.84. The summed E-state index contributed by atoms with van der Waals surface area (Å²) >= 11 is 0. The first-order chi connectivity index (χ1) is 22.5. The van der Waals surface area contributed by atoms with Crippen molar-refractivity contribution in [3.8, 4) is 6.07 Å². The Morgan fingerprint density at radius 2 is 1.91 bits per heavy atom. The summed E-state index contributed by atoms with van der Waals surface area (Å²) in [7, 11) is 0. The van der Waals surface area contributed by atoms with Crippen LogP contribution in [0.1, 0.15) is 75.7 Å². The Balaban J connectivity index is 1.40. The lowest BCUT2D eigenvalue weighted by molar-refractivity contribution is -0.137. The molecule has 1 N–H and O–H groups in total. The zero-order chi connectivity index (χ0) is 33.2. The molecular formula is C33H30F4N6O4. The number of fused-ring (bicyclic) bond motifs is 2. The van der Waals surface area contributed by atoms with Crippen molar-refractivity contribution in [1.29, 1.82) is 5.26 Å². The molecule has 1 aromatic heterocycles. The minimum absolute atomic E-state index is 0.00158. The van der Waals surface area contributed by atoms with Crippen molar-refractivity contribution in [3.63, 3.8) is 0 Å². The van der Waals surface area contributed by atoms with Crippen LogP contribution in [0.25, 0.3) is 0 Å². The summed E-state index contributed by atoms with van der Waals surface area (Å²) < 4.78 is 61.9. The molecule has 0 spiro atoms. The van der Waals surface area contributed by atoms with Crippen molar-refractivity contribution in [1.82, 2.24) is 20.0 Å². The first kappa shape index (κ1) is 30.9. The Morgan fingerprint density at radius 1 is 1.15 bits per heavy atom. The number of nitriles is 1. The number of anilines is 1. The molecule has 0 bridgehead atoms. The van der Waals surface area contributed by atoms with Gasteiger partial charge in [0.1, 0.15) is 23.7 Å². The van der Waals surface area contributed by atoms with E-state index in [0.717, 1.165) is 18.6 Å². The van der Waals surface area contributed by atoms with E-state index in [-0.39, 0.29) is 42.4 Å². The lowest BCUT2D eigenvalue weighted by atomic mass is 9.80. The first-order valence-electron chi connectivity index (χ1n) is 15.5. The van der Waals surface area contributed by atoms with E-state index in [1.54, 1.807) is 16.5 Å². The molecule has 3 aromatic rings.